The van der Waals surface area contributed by atoms with E-state index in [2.05, 4.69) is 51.9 Å². The zero-order chi connectivity index (χ0) is 14.9. The van der Waals surface area contributed by atoms with Crippen LogP contribution in [0.1, 0.15) is 47.5 Å². The molecule has 0 aromatic carbocycles. The first-order valence-electron chi connectivity index (χ1n) is 7.74. The molecule has 0 aliphatic carbocycles. The smallest absolute Gasteiger partial charge is 0.0615 e. The third-order valence-corrected chi connectivity index (χ3v) is 3.75. The van der Waals surface area contributed by atoms with Gasteiger partial charge < -0.3 is 15.0 Å². The molecule has 0 aliphatic heterocycles. The van der Waals surface area contributed by atoms with Gasteiger partial charge in [0.25, 0.3) is 0 Å². The molecule has 19 heavy (non-hydrogen) atoms. The largest absolute Gasteiger partial charge is 0.383 e. The maximum absolute atomic E-state index is 5.25. The molecule has 0 rings (SSSR count). The first kappa shape index (κ1) is 18.9. The zero-order valence-corrected chi connectivity index (χ0v) is 14.3. The van der Waals surface area contributed by atoms with Crippen LogP contribution in [0.15, 0.2) is 0 Å². The van der Waals surface area contributed by atoms with Crippen molar-refractivity contribution in [3.05, 3.63) is 0 Å². The summed E-state index contributed by atoms with van der Waals surface area (Å²) in [4.78, 5) is 2.43. The summed E-state index contributed by atoms with van der Waals surface area (Å²) in [6.45, 7) is 15.6. The van der Waals surface area contributed by atoms with E-state index in [-0.39, 0.29) is 0 Å². The van der Waals surface area contributed by atoms with Gasteiger partial charge in [-0.3, -0.25) is 0 Å². The lowest BCUT2D eigenvalue weighted by Gasteiger charge is -2.37. The predicted octanol–water partition coefficient (Wildman–Crippen LogP) is 3.01. The molecule has 0 aromatic rings. The third-order valence-electron chi connectivity index (χ3n) is 3.75. The van der Waals surface area contributed by atoms with Crippen molar-refractivity contribution in [1.82, 2.24) is 10.2 Å². The second-order valence-corrected chi connectivity index (χ2v) is 6.80. The van der Waals surface area contributed by atoms with Crippen LogP contribution in [-0.2, 0) is 4.74 Å². The van der Waals surface area contributed by atoms with E-state index in [1.807, 2.05) is 0 Å². The van der Waals surface area contributed by atoms with E-state index >= 15 is 0 Å². The van der Waals surface area contributed by atoms with Crippen LogP contribution in [0.2, 0.25) is 0 Å². The van der Waals surface area contributed by atoms with E-state index in [1.165, 1.54) is 12.8 Å². The summed E-state index contributed by atoms with van der Waals surface area (Å²) in [6.07, 6.45) is 2.51. The van der Waals surface area contributed by atoms with Gasteiger partial charge in [-0.1, -0.05) is 34.1 Å². The van der Waals surface area contributed by atoms with Crippen LogP contribution in [0.4, 0.5) is 0 Å². The van der Waals surface area contributed by atoms with E-state index in [4.69, 9.17) is 4.74 Å². The highest BCUT2D eigenvalue weighted by molar-refractivity contribution is 4.81. The van der Waals surface area contributed by atoms with Crippen LogP contribution in [-0.4, -0.2) is 51.3 Å². The number of likely N-dealkylation sites (N-methyl/N-ethyl adjacent to an activating group) is 1. The summed E-state index contributed by atoms with van der Waals surface area (Å²) < 4.78 is 5.25. The van der Waals surface area contributed by atoms with Gasteiger partial charge in [0.2, 0.25) is 0 Å². The minimum atomic E-state index is 0.348. The molecule has 0 fully saturated rings. The molecule has 0 radical (unpaired) electrons. The Morgan fingerprint density at radius 1 is 1.26 bits per heavy atom. The van der Waals surface area contributed by atoms with Crippen molar-refractivity contribution in [2.75, 3.05) is 40.4 Å². The molecule has 0 heterocycles. The zero-order valence-electron chi connectivity index (χ0n) is 14.3. The Kier molecular flexibility index (Phi) is 9.67. The minimum absolute atomic E-state index is 0.348. The van der Waals surface area contributed by atoms with Gasteiger partial charge in [0.1, 0.15) is 0 Å². The van der Waals surface area contributed by atoms with Crippen LogP contribution in [0, 0.1) is 11.3 Å². The second kappa shape index (κ2) is 9.73. The Hall–Kier alpha value is -0.120. The molecule has 116 valence electrons. The molecule has 0 amide bonds. The molecule has 0 bridgehead atoms. The standard InChI is InChI=1S/C16H36N2O/c1-8-9-16(5,12-17-10-14(2)3)13-18(6)15(4)11-19-7/h14-15,17H,8-13H2,1-7H3. The Morgan fingerprint density at radius 2 is 1.89 bits per heavy atom. The topological polar surface area (TPSA) is 24.5 Å². The number of hydrogen-bond acceptors (Lipinski definition) is 3. The summed E-state index contributed by atoms with van der Waals surface area (Å²) in [5.74, 6) is 0.719. The van der Waals surface area contributed by atoms with Crippen molar-refractivity contribution < 1.29 is 4.74 Å². The number of rotatable bonds is 11. The van der Waals surface area contributed by atoms with Crippen molar-refractivity contribution in [2.45, 2.75) is 53.5 Å². The summed E-state index contributed by atoms with van der Waals surface area (Å²) in [6, 6.07) is 0.478. The van der Waals surface area contributed by atoms with Crippen LogP contribution in [0.25, 0.3) is 0 Å². The van der Waals surface area contributed by atoms with E-state index in [1.54, 1.807) is 7.11 Å². The number of nitrogens with zero attached hydrogens (tertiary/aromatic N) is 1. The van der Waals surface area contributed by atoms with Crippen molar-refractivity contribution in [1.29, 1.82) is 0 Å². The van der Waals surface area contributed by atoms with Gasteiger partial charge in [-0.05, 0) is 38.3 Å². The fourth-order valence-corrected chi connectivity index (χ4v) is 2.62. The monoisotopic (exact) mass is 272 g/mol. The normalized spacial score (nSPS) is 16.9. The lowest BCUT2D eigenvalue weighted by atomic mass is 9.84. The molecular weight excluding hydrogens is 236 g/mol. The number of ether oxygens (including phenoxy) is 1. The lowest BCUT2D eigenvalue weighted by molar-refractivity contribution is 0.0815. The van der Waals surface area contributed by atoms with Crippen LogP contribution in [0.5, 0.6) is 0 Å². The average molecular weight is 272 g/mol. The van der Waals surface area contributed by atoms with Crippen molar-refractivity contribution >= 4 is 0 Å². The fourth-order valence-electron chi connectivity index (χ4n) is 2.62. The molecule has 0 saturated carbocycles. The molecule has 0 spiro atoms. The lowest BCUT2D eigenvalue weighted by Crippen LogP contribution is -2.45. The van der Waals surface area contributed by atoms with Crippen molar-refractivity contribution in [2.24, 2.45) is 11.3 Å². The summed E-state index contributed by atoms with van der Waals surface area (Å²) >= 11 is 0. The molecule has 3 heteroatoms. The van der Waals surface area contributed by atoms with Gasteiger partial charge in [0, 0.05) is 26.2 Å². The van der Waals surface area contributed by atoms with Gasteiger partial charge in [-0.15, -0.1) is 0 Å². The summed E-state index contributed by atoms with van der Waals surface area (Å²) in [5.41, 5.74) is 0.348. The maximum Gasteiger partial charge on any atom is 0.0615 e. The van der Waals surface area contributed by atoms with Crippen LogP contribution >= 0.6 is 0 Å². The fraction of sp³-hybridized carbons (Fsp3) is 1.00. The highest BCUT2D eigenvalue weighted by Gasteiger charge is 2.26. The van der Waals surface area contributed by atoms with Gasteiger partial charge in [-0.25, -0.2) is 0 Å². The van der Waals surface area contributed by atoms with Gasteiger partial charge in [-0.2, -0.15) is 0 Å². The molecule has 0 saturated heterocycles. The first-order valence-corrected chi connectivity index (χ1v) is 7.74. The molecule has 0 aromatic heterocycles. The Labute approximate surface area is 121 Å². The number of methoxy groups -OCH3 is 1. The van der Waals surface area contributed by atoms with E-state index < -0.39 is 0 Å². The van der Waals surface area contributed by atoms with Crippen molar-refractivity contribution in [3.63, 3.8) is 0 Å². The van der Waals surface area contributed by atoms with E-state index in [0.29, 0.717) is 11.5 Å². The van der Waals surface area contributed by atoms with Crippen LogP contribution < -0.4 is 5.32 Å². The Balaban J connectivity index is 4.34. The van der Waals surface area contributed by atoms with E-state index in [9.17, 15) is 0 Å². The Bertz CT molecular complexity index is 221. The van der Waals surface area contributed by atoms with Gasteiger partial charge in [0.05, 0.1) is 6.61 Å². The first-order chi connectivity index (χ1) is 8.84. The third kappa shape index (κ3) is 8.61. The van der Waals surface area contributed by atoms with Crippen LogP contribution in [0.3, 0.4) is 0 Å². The van der Waals surface area contributed by atoms with Gasteiger partial charge in [0.15, 0.2) is 0 Å². The second-order valence-electron chi connectivity index (χ2n) is 6.80. The number of hydrogen-bond donors (Lipinski definition) is 1. The van der Waals surface area contributed by atoms with E-state index in [0.717, 1.165) is 32.2 Å². The quantitative estimate of drug-likeness (QED) is 0.626. The maximum atomic E-state index is 5.25. The summed E-state index contributed by atoms with van der Waals surface area (Å²) in [7, 11) is 3.99. The predicted molar refractivity (Wildman–Crippen MR) is 84.7 cm³/mol. The Morgan fingerprint density at radius 3 is 2.37 bits per heavy atom. The highest BCUT2D eigenvalue weighted by atomic mass is 16.5. The van der Waals surface area contributed by atoms with Crippen molar-refractivity contribution in [3.8, 4) is 0 Å². The molecule has 1 N–H and O–H groups in total. The van der Waals surface area contributed by atoms with Gasteiger partial charge >= 0.3 is 0 Å². The number of nitrogens with one attached hydrogen (secondary N) is 1. The minimum Gasteiger partial charge on any atom is -0.383 e. The molecule has 2 unspecified atom stereocenters. The summed E-state index contributed by atoms with van der Waals surface area (Å²) in [5, 5.41) is 3.63. The SMILES string of the molecule is CCCC(C)(CNCC(C)C)CN(C)C(C)COC. The molecule has 3 nitrogen and oxygen atoms in total. The highest BCUT2D eigenvalue weighted by Crippen LogP contribution is 2.24. The molecular formula is C16H36N2O. The molecule has 2 atom stereocenters. The average Bonchev–Trinajstić information content (AvgIpc) is 2.28. The molecule has 0 aliphatic rings.